The molecule has 2 N–H and O–H groups in total. The minimum atomic E-state index is -0.191. The quantitative estimate of drug-likeness (QED) is 0.752. The van der Waals surface area contributed by atoms with Crippen LogP contribution in [0.4, 0.5) is 0 Å². The third-order valence-corrected chi connectivity index (χ3v) is 3.42. The van der Waals surface area contributed by atoms with Crippen molar-refractivity contribution in [1.29, 1.82) is 0 Å². The summed E-state index contributed by atoms with van der Waals surface area (Å²) in [5.41, 5.74) is 0.500. The zero-order valence-electron chi connectivity index (χ0n) is 10.7. The first kappa shape index (κ1) is 13.0. The van der Waals surface area contributed by atoms with Crippen LogP contribution in [0.3, 0.4) is 0 Å². The predicted octanol–water partition coefficient (Wildman–Crippen LogP) is 2.70. The summed E-state index contributed by atoms with van der Waals surface area (Å²) in [6.45, 7) is 8.76. The molecular weight excluding hydrogens is 186 g/mol. The van der Waals surface area contributed by atoms with Crippen LogP contribution in [0.25, 0.3) is 0 Å². The van der Waals surface area contributed by atoms with Crippen molar-refractivity contribution in [3.63, 3.8) is 0 Å². The van der Waals surface area contributed by atoms with Gasteiger partial charge in [0.2, 0.25) is 0 Å². The highest BCUT2D eigenvalue weighted by molar-refractivity contribution is 4.84. The maximum atomic E-state index is 9.31. The smallest absolute Gasteiger partial charge is 0.0526 e. The first-order chi connectivity index (χ1) is 6.89. The van der Waals surface area contributed by atoms with Crippen LogP contribution < -0.4 is 5.32 Å². The molecule has 0 radical (unpaired) electrons. The van der Waals surface area contributed by atoms with Crippen LogP contribution in [-0.2, 0) is 0 Å². The Morgan fingerprint density at radius 3 is 2.60 bits per heavy atom. The second-order valence-corrected chi connectivity index (χ2v) is 6.11. The standard InChI is InChI=1S/C13H27NO/c1-10(8-11(2)15)14-12-6-5-7-13(3,4)9-12/h10-12,14-15H,5-9H2,1-4H3. The van der Waals surface area contributed by atoms with E-state index in [0.29, 0.717) is 17.5 Å². The largest absolute Gasteiger partial charge is 0.393 e. The molecule has 0 spiro atoms. The highest BCUT2D eigenvalue weighted by Crippen LogP contribution is 2.35. The third-order valence-electron chi connectivity index (χ3n) is 3.42. The molecular formula is C13H27NO. The molecule has 15 heavy (non-hydrogen) atoms. The summed E-state index contributed by atoms with van der Waals surface area (Å²) in [5.74, 6) is 0. The van der Waals surface area contributed by atoms with Gasteiger partial charge in [0.15, 0.2) is 0 Å². The van der Waals surface area contributed by atoms with Crippen molar-refractivity contribution >= 4 is 0 Å². The van der Waals surface area contributed by atoms with Gasteiger partial charge in [0, 0.05) is 12.1 Å². The topological polar surface area (TPSA) is 32.3 Å². The second-order valence-electron chi connectivity index (χ2n) is 6.11. The highest BCUT2D eigenvalue weighted by atomic mass is 16.3. The average molecular weight is 213 g/mol. The van der Waals surface area contributed by atoms with Gasteiger partial charge in [0.1, 0.15) is 0 Å². The first-order valence-electron chi connectivity index (χ1n) is 6.33. The van der Waals surface area contributed by atoms with Gasteiger partial charge >= 0.3 is 0 Å². The lowest BCUT2D eigenvalue weighted by Crippen LogP contribution is -2.42. The molecule has 0 heterocycles. The van der Waals surface area contributed by atoms with Gasteiger partial charge in [-0.25, -0.2) is 0 Å². The molecule has 2 nitrogen and oxygen atoms in total. The molecule has 0 aliphatic heterocycles. The summed E-state index contributed by atoms with van der Waals surface area (Å²) < 4.78 is 0. The molecule has 0 aromatic heterocycles. The van der Waals surface area contributed by atoms with Gasteiger partial charge in [-0.15, -0.1) is 0 Å². The molecule has 3 unspecified atom stereocenters. The Labute approximate surface area is 94.5 Å². The molecule has 1 fully saturated rings. The Morgan fingerprint density at radius 1 is 1.40 bits per heavy atom. The number of aliphatic hydroxyl groups is 1. The normalized spacial score (nSPS) is 29.8. The van der Waals surface area contributed by atoms with E-state index in [1.807, 2.05) is 6.92 Å². The van der Waals surface area contributed by atoms with Gasteiger partial charge < -0.3 is 10.4 Å². The van der Waals surface area contributed by atoms with Crippen LogP contribution in [0.1, 0.15) is 59.8 Å². The Hall–Kier alpha value is -0.0800. The Kier molecular flexibility index (Phi) is 4.60. The lowest BCUT2D eigenvalue weighted by atomic mass is 9.75. The van der Waals surface area contributed by atoms with Crippen LogP contribution in [0.15, 0.2) is 0 Å². The van der Waals surface area contributed by atoms with Crippen LogP contribution >= 0.6 is 0 Å². The van der Waals surface area contributed by atoms with E-state index in [4.69, 9.17) is 0 Å². The number of aliphatic hydroxyl groups excluding tert-OH is 1. The molecule has 90 valence electrons. The SMILES string of the molecule is CC(O)CC(C)NC1CCCC(C)(C)C1. The van der Waals surface area contributed by atoms with Gasteiger partial charge in [-0.1, -0.05) is 20.3 Å². The predicted molar refractivity (Wildman–Crippen MR) is 64.9 cm³/mol. The fourth-order valence-electron chi connectivity index (χ4n) is 2.82. The van der Waals surface area contributed by atoms with E-state index in [2.05, 4.69) is 26.1 Å². The molecule has 1 rings (SSSR count). The third kappa shape index (κ3) is 4.98. The number of hydrogen-bond donors (Lipinski definition) is 2. The van der Waals surface area contributed by atoms with E-state index in [1.165, 1.54) is 25.7 Å². The van der Waals surface area contributed by atoms with E-state index in [1.54, 1.807) is 0 Å². The zero-order chi connectivity index (χ0) is 11.5. The summed E-state index contributed by atoms with van der Waals surface area (Å²) in [4.78, 5) is 0. The Balaban J connectivity index is 2.31. The molecule has 0 bridgehead atoms. The van der Waals surface area contributed by atoms with Gasteiger partial charge in [-0.05, 0) is 44.9 Å². The summed E-state index contributed by atoms with van der Waals surface area (Å²) in [7, 11) is 0. The van der Waals surface area contributed by atoms with Gasteiger partial charge in [-0.3, -0.25) is 0 Å². The van der Waals surface area contributed by atoms with E-state index >= 15 is 0 Å². The highest BCUT2D eigenvalue weighted by Gasteiger charge is 2.28. The van der Waals surface area contributed by atoms with Crippen molar-refractivity contribution < 1.29 is 5.11 Å². The van der Waals surface area contributed by atoms with E-state index in [9.17, 15) is 5.11 Å². The molecule has 1 aliphatic rings. The maximum Gasteiger partial charge on any atom is 0.0526 e. The molecule has 0 saturated heterocycles. The van der Waals surface area contributed by atoms with Gasteiger partial charge in [0.05, 0.1) is 6.10 Å². The van der Waals surface area contributed by atoms with E-state index < -0.39 is 0 Å². The van der Waals surface area contributed by atoms with Crippen molar-refractivity contribution in [1.82, 2.24) is 5.32 Å². The molecule has 0 aromatic rings. The minimum Gasteiger partial charge on any atom is -0.393 e. The summed E-state index contributed by atoms with van der Waals surface area (Å²) in [5, 5.41) is 13.0. The van der Waals surface area contributed by atoms with Crippen LogP contribution in [0.5, 0.6) is 0 Å². The number of rotatable bonds is 4. The zero-order valence-corrected chi connectivity index (χ0v) is 10.7. The van der Waals surface area contributed by atoms with Crippen LogP contribution in [0.2, 0.25) is 0 Å². The summed E-state index contributed by atoms with van der Waals surface area (Å²) in [6, 6.07) is 1.09. The van der Waals surface area contributed by atoms with Crippen molar-refractivity contribution in [3.8, 4) is 0 Å². The molecule has 0 amide bonds. The fourth-order valence-corrected chi connectivity index (χ4v) is 2.82. The van der Waals surface area contributed by atoms with Gasteiger partial charge in [-0.2, -0.15) is 0 Å². The van der Waals surface area contributed by atoms with E-state index in [0.717, 1.165) is 6.42 Å². The lowest BCUT2D eigenvalue weighted by molar-refractivity contribution is 0.151. The van der Waals surface area contributed by atoms with Crippen molar-refractivity contribution in [2.45, 2.75) is 78.0 Å². The van der Waals surface area contributed by atoms with Gasteiger partial charge in [0.25, 0.3) is 0 Å². The molecule has 2 heteroatoms. The first-order valence-corrected chi connectivity index (χ1v) is 6.33. The van der Waals surface area contributed by atoms with Crippen molar-refractivity contribution in [2.24, 2.45) is 5.41 Å². The van der Waals surface area contributed by atoms with Crippen LogP contribution in [0, 0.1) is 5.41 Å². The monoisotopic (exact) mass is 213 g/mol. The maximum absolute atomic E-state index is 9.31. The number of nitrogens with one attached hydrogen (secondary N) is 1. The van der Waals surface area contributed by atoms with Crippen LogP contribution in [-0.4, -0.2) is 23.3 Å². The Morgan fingerprint density at radius 2 is 2.07 bits per heavy atom. The summed E-state index contributed by atoms with van der Waals surface area (Å²) >= 11 is 0. The minimum absolute atomic E-state index is 0.191. The van der Waals surface area contributed by atoms with Crippen molar-refractivity contribution in [3.05, 3.63) is 0 Å². The molecule has 3 atom stereocenters. The summed E-state index contributed by atoms with van der Waals surface area (Å²) in [6.07, 6.45) is 5.94. The fraction of sp³-hybridized carbons (Fsp3) is 1.00. The molecule has 1 saturated carbocycles. The Bertz CT molecular complexity index is 189. The van der Waals surface area contributed by atoms with E-state index in [-0.39, 0.29) is 6.10 Å². The molecule has 0 aromatic carbocycles. The molecule has 1 aliphatic carbocycles. The average Bonchev–Trinajstić information content (AvgIpc) is 1.99. The van der Waals surface area contributed by atoms with Crippen molar-refractivity contribution in [2.75, 3.05) is 0 Å². The second kappa shape index (κ2) is 5.31. The number of hydrogen-bond acceptors (Lipinski definition) is 2. The lowest BCUT2D eigenvalue weighted by Gasteiger charge is -2.37.